The molecule has 1 aromatic carbocycles. The molecule has 0 saturated carbocycles. The van der Waals surface area contributed by atoms with Crippen molar-refractivity contribution >= 4 is 15.5 Å². The first-order chi connectivity index (χ1) is 12.7. The van der Waals surface area contributed by atoms with Crippen LogP contribution in [0.1, 0.15) is 0 Å². The molecule has 0 aliphatic rings. The number of benzene rings is 1. The van der Waals surface area contributed by atoms with Crippen LogP contribution in [0.25, 0.3) is 11.3 Å². The molecule has 0 aliphatic carbocycles. The lowest BCUT2D eigenvalue weighted by atomic mass is 10.2. The summed E-state index contributed by atoms with van der Waals surface area (Å²) in [5.74, 6) is -5.33. The third kappa shape index (κ3) is 3.67. The summed E-state index contributed by atoms with van der Waals surface area (Å²) in [6.07, 6.45) is 3.43. The smallest absolute Gasteiger partial charge is 0.247 e. The van der Waals surface area contributed by atoms with Gasteiger partial charge in [0.2, 0.25) is 26.7 Å². The lowest BCUT2D eigenvalue weighted by Gasteiger charge is -2.12. The van der Waals surface area contributed by atoms with E-state index in [1.54, 1.807) is 0 Å². The Bertz CT molecular complexity index is 1140. The van der Waals surface area contributed by atoms with Crippen LogP contribution in [-0.4, -0.2) is 29.6 Å². The quantitative estimate of drug-likeness (QED) is 0.410. The van der Waals surface area contributed by atoms with Crippen LogP contribution in [0, 0.1) is 17.5 Å². The summed E-state index contributed by atoms with van der Waals surface area (Å²) < 4.78 is 69.7. The summed E-state index contributed by atoms with van der Waals surface area (Å²) in [7, 11) is -3.68. The molecule has 27 heavy (non-hydrogen) atoms. The maximum absolute atomic E-state index is 14.0. The Morgan fingerprint density at radius 2 is 1.81 bits per heavy atom. The van der Waals surface area contributed by atoms with Gasteiger partial charge in [-0.1, -0.05) is 0 Å². The lowest BCUT2D eigenvalue weighted by molar-refractivity contribution is 0.401. The van der Waals surface area contributed by atoms with Gasteiger partial charge in [0.05, 0.1) is 11.3 Å². The zero-order valence-electron chi connectivity index (χ0n) is 13.6. The molecular formula is C16H11F3N4O3S. The molecule has 0 unspecified atom stereocenters. The SMILES string of the molecule is CS(=O)(=O)c1nccc(-c2cccnc2Oc2cc(F)c(N)c(F)c2F)n1. The minimum absolute atomic E-state index is 0.102. The maximum Gasteiger partial charge on any atom is 0.247 e. The fourth-order valence-corrected chi connectivity index (χ4v) is 2.62. The molecule has 0 saturated heterocycles. The highest BCUT2D eigenvalue weighted by atomic mass is 32.2. The van der Waals surface area contributed by atoms with Gasteiger partial charge in [0, 0.05) is 24.7 Å². The van der Waals surface area contributed by atoms with Gasteiger partial charge in [-0.15, -0.1) is 0 Å². The standard InChI is InChI=1S/C16H11F3N4O3S/c1-27(24,25)16-22-6-4-10(23-16)8-3-2-5-21-15(8)26-11-7-9(17)14(20)13(19)12(11)18/h2-7H,20H2,1H3. The van der Waals surface area contributed by atoms with Crippen LogP contribution in [0.2, 0.25) is 0 Å². The van der Waals surface area contributed by atoms with Crippen molar-refractivity contribution in [3.8, 4) is 22.9 Å². The van der Waals surface area contributed by atoms with E-state index < -0.39 is 43.9 Å². The summed E-state index contributed by atoms with van der Waals surface area (Å²) >= 11 is 0. The summed E-state index contributed by atoms with van der Waals surface area (Å²) in [6, 6.07) is 4.90. The van der Waals surface area contributed by atoms with E-state index >= 15 is 0 Å². The Kier molecular flexibility index (Phi) is 4.70. The van der Waals surface area contributed by atoms with E-state index in [9.17, 15) is 21.6 Å². The van der Waals surface area contributed by atoms with E-state index in [1.807, 2.05) is 0 Å². The summed E-state index contributed by atoms with van der Waals surface area (Å²) in [4.78, 5) is 11.5. The highest BCUT2D eigenvalue weighted by Gasteiger charge is 2.21. The lowest BCUT2D eigenvalue weighted by Crippen LogP contribution is -2.05. The number of nitrogens with two attached hydrogens (primary N) is 1. The Hall–Kier alpha value is -3.21. The fourth-order valence-electron chi connectivity index (χ4n) is 2.10. The van der Waals surface area contributed by atoms with Crippen LogP contribution in [-0.2, 0) is 9.84 Å². The number of hydrogen-bond acceptors (Lipinski definition) is 7. The number of nitrogen functional groups attached to an aromatic ring is 1. The Balaban J connectivity index is 2.09. The number of ether oxygens (including phenoxy) is 1. The molecule has 3 rings (SSSR count). The van der Waals surface area contributed by atoms with Gasteiger partial charge in [-0.25, -0.2) is 32.2 Å². The van der Waals surface area contributed by atoms with Crippen molar-refractivity contribution < 1.29 is 26.3 Å². The van der Waals surface area contributed by atoms with Crippen molar-refractivity contribution in [2.75, 3.05) is 12.0 Å². The number of anilines is 1. The summed E-state index contributed by atoms with van der Waals surface area (Å²) in [5, 5.41) is -0.439. The minimum Gasteiger partial charge on any atom is -0.435 e. The van der Waals surface area contributed by atoms with Crippen molar-refractivity contribution in [1.29, 1.82) is 0 Å². The van der Waals surface area contributed by atoms with Gasteiger partial charge in [0.1, 0.15) is 5.69 Å². The van der Waals surface area contributed by atoms with E-state index in [2.05, 4.69) is 15.0 Å². The Morgan fingerprint density at radius 3 is 2.52 bits per heavy atom. The number of nitrogens with zero attached hydrogens (tertiary/aromatic N) is 3. The third-order valence-corrected chi connectivity index (χ3v) is 4.24. The van der Waals surface area contributed by atoms with E-state index in [0.29, 0.717) is 6.07 Å². The molecule has 0 radical (unpaired) electrons. The second kappa shape index (κ2) is 6.83. The van der Waals surface area contributed by atoms with Gasteiger partial charge < -0.3 is 10.5 Å². The van der Waals surface area contributed by atoms with Crippen LogP contribution >= 0.6 is 0 Å². The average Bonchev–Trinajstić information content (AvgIpc) is 2.64. The van der Waals surface area contributed by atoms with Crippen molar-refractivity contribution in [2.24, 2.45) is 0 Å². The van der Waals surface area contributed by atoms with Crippen molar-refractivity contribution in [1.82, 2.24) is 15.0 Å². The molecule has 0 spiro atoms. The molecule has 0 bridgehead atoms. The topological polar surface area (TPSA) is 108 Å². The number of rotatable bonds is 4. The van der Waals surface area contributed by atoms with E-state index in [1.165, 1.54) is 30.6 Å². The zero-order chi connectivity index (χ0) is 19.8. The fraction of sp³-hybridized carbons (Fsp3) is 0.0625. The van der Waals surface area contributed by atoms with E-state index in [0.717, 1.165) is 6.26 Å². The van der Waals surface area contributed by atoms with E-state index in [-0.39, 0.29) is 17.1 Å². The summed E-state index contributed by atoms with van der Waals surface area (Å²) in [6.45, 7) is 0. The molecule has 2 N–H and O–H groups in total. The van der Waals surface area contributed by atoms with E-state index in [4.69, 9.17) is 10.5 Å². The Morgan fingerprint density at radius 1 is 1.07 bits per heavy atom. The monoisotopic (exact) mass is 396 g/mol. The molecule has 0 atom stereocenters. The van der Waals surface area contributed by atoms with Crippen LogP contribution < -0.4 is 10.5 Å². The first kappa shape index (κ1) is 18.6. The maximum atomic E-state index is 14.0. The molecule has 11 heteroatoms. The Labute approximate surface area is 151 Å². The van der Waals surface area contributed by atoms with Crippen molar-refractivity contribution in [3.05, 3.63) is 54.1 Å². The van der Waals surface area contributed by atoms with Crippen LogP contribution in [0.5, 0.6) is 11.6 Å². The number of halogens is 3. The predicted molar refractivity (Wildman–Crippen MR) is 89.2 cm³/mol. The normalized spacial score (nSPS) is 11.4. The van der Waals surface area contributed by atoms with Gasteiger partial charge in [-0.3, -0.25) is 0 Å². The molecule has 2 heterocycles. The molecule has 0 fully saturated rings. The van der Waals surface area contributed by atoms with Gasteiger partial charge in [0.25, 0.3) is 0 Å². The van der Waals surface area contributed by atoms with Crippen LogP contribution in [0.15, 0.2) is 41.8 Å². The molecule has 140 valence electrons. The molecular weight excluding hydrogens is 385 g/mol. The second-order valence-corrected chi connectivity index (χ2v) is 7.26. The molecule has 0 aliphatic heterocycles. The molecule has 7 nitrogen and oxygen atoms in total. The van der Waals surface area contributed by atoms with Gasteiger partial charge in [-0.2, -0.15) is 4.39 Å². The number of pyridine rings is 1. The van der Waals surface area contributed by atoms with Gasteiger partial charge in [-0.05, 0) is 18.2 Å². The van der Waals surface area contributed by atoms with Gasteiger partial charge >= 0.3 is 0 Å². The van der Waals surface area contributed by atoms with Crippen molar-refractivity contribution in [3.63, 3.8) is 0 Å². The second-order valence-electron chi connectivity index (χ2n) is 5.35. The molecule has 2 aromatic heterocycles. The average molecular weight is 396 g/mol. The highest BCUT2D eigenvalue weighted by Crippen LogP contribution is 2.34. The zero-order valence-corrected chi connectivity index (χ0v) is 14.5. The first-order valence-electron chi connectivity index (χ1n) is 7.28. The molecule has 3 aromatic rings. The van der Waals surface area contributed by atoms with Crippen LogP contribution in [0.3, 0.4) is 0 Å². The predicted octanol–water partition coefficient (Wildman–Crippen LogP) is 2.73. The largest absolute Gasteiger partial charge is 0.435 e. The van der Waals surface area contributed by atoms with Gasteiger partial charge in [0.15, 0.2) is 17.4 Å². The number of sulfone groups is 1. The summed E-state index contributed by atoms with van der Waals surface area (Å²) in [5.41, 5.74) is 4.37. The number of aromatic nitrogens is 3. The van der Waals surface area contributed by atoms with Crippen molar-refractivity contribution in [2.45, 2.75) is 5.16 Å². The minimum atomic E-state index is -3.68. The molecule has 0 amide bonds. The number of hydrogen-bond donors (Lipinski definition) is 1. The van der Waals surface area contributed by atoms with Crippen LogP contribution in [0.4, 0.5) is 18.9 Å². The highest BCUT2D eigenvalue weighted by molar-refractivity contribution is 7.90. The third-order valence-electron chi connectivity index (χ3n) is 3.38. The first-order valence-corrected chi connectivity index (χ1v) is 9.17.